The summed E-state index contributed by atoms with van der Waals surface area (Å²) in [6, 6.07) is 1.03. The van der Waals surface area contributed by atoms with Crippen LogP contribution in [0.3, 0.4) is 0 Å². The number of piperidine rings is 1. The molecular weight excluding hydrogens is 150 g/mol. The average Bonchev–Trinajstić information content (AvgIpc) is 2.31. The zero-order valence-corrected chi connectivity index (χ0v) is 7.21. The smallest absolute Gasteiger partial charge is 0.0786 e. The van der Waals surface area contributed by atoms with Crippen LogP contribution in [0.1, 0.15) is 32.1 Å². The minimum atomic E-state index is -0.564. The van der Waals surface area contributed by atoms with Gasteiger partial charge in [-0.3, -0.25) is 0 Å². The molecule has 0 saturated carbocycles. The van der Waals surface area contributed by atoms with E-state index in [-0.39, 0.29) is 0 Å². The van der Waals surface area contributed by atoms with E-state index in [4.69, 9.17) is 6.42 Å². The monoisotopic (exact) mass is 165 g/mol. The molecule has 2 rings (SSSR count). The maximum Gasteiger partial charge on any atom is 0.0786 e. The van der Waals surface area contributed by atoms with E-state index in [0.717, 1.165) is 12.8 Å². The van der Waals surface area contributed by atoms with Crippen molar-refractivity contribution in [2.24, 2.45) is 0 Å². The van der Waals surface area contributed by atoms with Gasteiger partial charge < -0.3 is 10.4 Å². The molecule has 2 atom stereocenters. The largest absolute Gasteiger partial charge is 0.389 e. The molecule has 2 N–H and O–H groups in total. The zero-order valence-electron chi connectivity index (χ0n) is 7.21. The van der Waals surface area contributed by atoms with Crippen molar-refractivity contribution in [1.82, 2.24) is 5.32 Å². The second kappa shape index (κ2) is 2.76. The van der Waals surface area contributed by atoms with Gasteiger partial charge in [0.05, 0.1) is 5.60 Å². The molecule has 2 nitrogen and oxygen atoms in total. The molecule has 2 aliphatic heterocycles. The van der Waals surface area contributed by atoms with Crippen LogP contribution in [0.2, 0.25) is 0 Å². The zero-order chi connectivity index (χ0) is 8.60. The highest BCUT2D eigenvalue weighted by Crippen LogP contribution is 2.35. The summed E-state index contributed by atoms with van der Waals surface area (Å²) in [6.45, 7) is 0. The van der Waals surface area contributed by atoms with Crippen molar-refractivity contribution in [1.29, 1.82) is 0 Å². The van der Waals surface area contributed by atoms with E-state index >= 15 is 0 Å². The quantitative estimate of drug-likeness (QED) is 0.559. The standard InChI is InChI=1S/C10H15NO/c1-2-5-10(12)6-8-3-4-9(7-10)11-8/h1,8-9,11-12H,3-7H2. The molecule has 2 fully saturated rings. The first kappa shape index (κ1) is 8.10. The van der Waals surface area contributed by atoms with Crippen molar-refractivity contribution >= 4 is 0 Å². The second-order valence-corrected chi connectivity index (χ2v) is 4.15. The average molecular weight is 165 g/mol. The number of nitrogens with one attached hydrogen (secondary N) is 1. The maximum atomic E-state index is 10.1. The van der Waals surface area contributed by atoms with E-state index in [9.17, 15) is 5.11 Å². The Labute approximate surface area is 73.4 Å². The van der Waals surface area contributed by atoms with Crippen LogP contribution >= 0.6 is 0 Å². The van der Waals surface area contributed by atoms with E-state index in [0.29, 0.717) is 18.5 Å². The highest BCUT2D eigenvalue weighted by atomic mass is 16.3. The minimum absolute atomic E-state index is 0.516. The Morgan fingerprint density at radius 1 is 1.42 bits per heavy atom. The third-order valence-corrected chi connectivity index (χ3v) is 3.02. The molecule has 66 valence electrons. The fraction of sp³-hybridized carbons (Fsp3) is 0.800. The summed E-state index contributed by atoms with van der Waals surface area (Å²) < 4.78 is 0. The molecule has 0 aromatic heterocycles. The number of hydrogen-bond acceptors (Lipinski definition) is 2. The highest BCUT2D eigenvalue weighted by Gasteiger charge is 2.41. The molecule has 2 bridgehead atoms. The molecule has 2 heterocycles. The summed E-state index contributed by atoms with van der Waals surface area (Å²) in [7, 11) is 0. The van der Waals surface area contributed by atoms with Gasteiger partial charge in [-0.15, -0.1) is 12.3 Å². The van der Waals surface area contributed by atoms with Gasteiger partial charge in [-0.05, 0) is 25.7 Å². The highest BCUT2D eigenvalue weighted by molar-refractivity contribution is 5.05. The van der Waals surface area contributed by atoms with E-state index in [2.05, 4.69) is 11.2 Å². The summed E-state index contributed by atoms with van der Waals surface area (Å²) in [6.07, 6.45) is 9.83. The maximum absolute atomic E-state index is 10.1. The summed E-state index contributed by atoms with van der Waals surface area (Å²) in [5.41, 5.74) is -0.564. The van der Waals surface area contributed by atoms with Crippen LogP contribution in [0, 0.1) is 12.3 Å². The van der Waals surface area contributed by atoms with Gasteiger partial charge in [0.25, 0.3) is 0 Å². The Kier molecular flexibility index (Phi) is 1.86. The SMILES string of the molecule is C#CCC1(O)CC2CCC(C1)N2. The van der Waals surface area contributed by atoms with Crippen LogP contribution in [0.4, 0.5) is 0 Å². The lowest BCUT2D eigenvalue weighted by molar-refractivity contribution is -0.00180. The van der Waals surface area contributed by atoms with Crippen LogP contribution in [-0.4, -0.2) is 22.8 Å². The van der Waals surface area contributed by atoms with Gasteiger partial charge in [-0.25, -0.2) is 0 Å². The third kappa shape index (κ3) is 1.35. The van der Waals surface area contributed by atoms with Gasteiger partial charge in [0.1, 0.15) is 0 Å². The van der Waals surface area contributed by atoms with Gasteiger partial charge in [-0.1, -0.05) is 0 Å². The van der Waals surface area contributed by atoms with Crippen molar-refractivity contribution in [2.75, 3.05) is 0 Å². The lowest BCUT2D eigenvalue weighted by Gasteiger charge is -2.35. The lowest BCUT2D eigenvalue weighted by atomic mass is 9.85. The van der Waals surface area contributed by atoms with Gasteiger partial charge in [0.2, 0.25) is 0 Å². The molecule has 2 heteroatoms. The summed E-state index contributed by atoms with van der Waals surface area (Å²) in [5, 5.41) is 13.5. The van der Waals surface area contributed by atoms with E-state index in [1.54, 1.807) is 0 Å². The van der Waals surface area contributed by atoms with Crippen molar-refractivity contribution in [3.05, 3.63) is 0 Å². The third-order valence-electron chi connectivity index (χ3n) is 3.02. The molecule has 0 aromatic rings. The van der Waals surface area contributed by atoms with Crippen LogP contribution in [0.15, 0.2) is 0 Å². The Morgan fingerprint density at radius 3 is 2.50 bits per heavy atom. The van der Waals surface area contributed by atoms with Crippen molar-refractivity contribution < 1.29 is 5.11 Å². The predicted octanol–water partition coefficient (Wildman–Crippen LogP) is 0.655. The van der Waals surface area contributed by atoms with Crippen molar-refractivity contribution in [3.8, 4) is 12.3 Å². The Morgan fingerprint density at radius 2 is 2.00 bits per heavy atom. The predicted molar refractivity (Wildman–Crippen MR) is 47.6 cm³/mol. The number of rotatable bonds is 1. The summed E-state index contributed by atoms with van der Waals surface area (Å²) >= 11 is 0. The van der Waals surface area contributed by atoms with Crippen LogP contribution in [0.5, 0.6) is 0 Å². The van der Waals surface area contributed by atoms with Gasteiger partial charge in [0.15, 0.2) is 0 Å². The number of aliphatic hydroxyl groups is 1. The number of fused-ring (bicyclic) bond motifs is 2. The first-order valence-electron chi connectivity index (χ1n) is 4.64. The van der Waals surface area contributed by atoms with Gasteiger partial charge in [-0.2, -0.15) is 0 Å². The Balaban J connectivity index is 2.06. The van der Waals surface area contributed by atoms with E-state index < -0.39 is 5.60 Å². The summed E-state index contributed by atoms with van der Waals surface area (Å²) in [4.78, 5) is 0. The van der Waals surface area contributed by atoms with Crippen LogP contribution < -0.4 is 5.32 Å². The number of terminal acetylenes is 1. The molecular formula is C10H15NO. The first-order valence-corrected chi connectivity index (χ1v) is 4.64. The lowest BCUT2D eigenvalue weighted by Crippen LogP contribution is -2.48. The Hall–Kier alpha value is -0.520. The fourth-order valence-electron chi connectivity index (χ4n) is 2.56. The molecule has 0 spiro atoms. The molecule has 0 radical (unpaired) electrons. The van der Waals surface area contributed by atoms with Crippen LogP contribution in [0.25, 0.3) is 0 Å². The van der Waals surface area contributed by atoms with Gasteiger partial charge >= 0.3 is 0 Å². The molecule has 12 heavy (non-hydrogen) atoms. The molecule has 2 aliphatic rings. The molecule has 0 aromatic carbocycles. The topological polar surface area (TPSA) is 32.3 Å². The fourth-order valence-corrected chi connectivity index (χ4v) is 2.56. The van der Waals surface area contributed by atoms with E-state index in [1.807, 2.05) is 0 Å². The van der Waals surface area contributed by atoms with Crippen molar-refractivity contribution in [2.45, 2.75) is 49.8 Å². The molecule has 0 aliphatic carbocycles. The molecule has 0 amide bonds. The van der Waals surface area contributed by atoms with Gasteiger partial charge in [0, 0.05) is 18.5 Å². The molecule has 2 saturated heterocycles. The van der Waals surface area contributed by atoms with E-state index in [1.165, 1.54) is 12.8 Å². The normalized spacial score (nSPS) is 45.7. The van der Waals surface area contributed by atoms with Crippen molar-refractivity contribution in [3.63, 3.8) is 0 Å². The van der Waals surface area contributed by atoms with Crippen LogP contribution in [-0.2, 0) is 0 Å². The number of hydrogen-bond donors (Lipinski definition) is 2. The first-order chi connectivity index (χ1) is 5.72. The second-order valence-electron chi connectivity index (χ2n) is 4.15. The summed E-state index contributed by atoms with van der Waals surface area (Å²) in [5.74, 6) is 2.57. The Bertz CT molecular complexity index is 206. The minimum Gasteiger partial charge on any atom is -0.389 e. The molecule has 2 unspecified atom stereocenters.